The van der Waals surface area contributed by atoms with Gasteiger partial charge in [0, 0.05) is 12.6 Å². The van der Waals surface area contributed by atoms with Crippen molar-refractivity contribution in [2.75, 3.05) is 6.54 Å². The predicted molar refractivity (Wildman–Crippen MR) is 85.8 cm³/mol. The fourth-order valence-corrected chi connectivity index (χ4v) is 2.87. The fraction of sp³-hybridized carbons (Fsp3) is 0.600. The number of nitrogens with one attached hydrogen (secondary N) is 1. The topological polar surface area (TPSA) is 47.7 Å². The van der Waals surface area contributed by atoms with Crippen LogP contribution in [-0.2, 0) is 6.54 Å². The first-order chi connectivity index (χ1) is 9.99. The number of aromatic nitrogens is 4. The Morgan fingerprint density at radius 2 is 2.05 bits per heavy atom. The molecular weight excluding hydrogens is 286 g/mol. The van der Waals surface area contributed by atoms with E-state index in [4.69, 9.17) is 11.6 Å². The monoisotopic (exact) mass is 309 g/mol. The van der Waals surface area contributed by atoms with Crippen molar-refractivity contribution in [3.8, 4) is 0 Å². The molecule has 1 N–H and O–H groups in total. The molecule has 2 aromatic heterocycles. The van der Waals surface area contributed by atoms with Crippen molar-refractivity contribution in [3.63, 3.8) is 0 Å². The molecule has 1 atom stereocenters. The van der Waals surface area contributed by atoms with Crippen molar-refractivity contribution in [2.45, 2.75) is 53.2 Å². The van der Waals surface area contributed by atoms with E-state index in [-0.39, 0.29) is 12.1 Å². The predicted octanol–water partition coefficient (Wildman–Crippen LogP) is 3.34. The summed E-state index contributed by atoms with van der Waals surface area (Å²) in [6.07, 6.45) is 1.72. The first-order valence-electron chi connectivity index (χ1n) is 7.50. The van der Waals surface area contributed by atoms with Crippen LogP contribution in [0.2, 0.25) is 5.02 Å². The third-order valence-corrected chi connectivity index (χ3v) is 3.78. The van der Waals surface area contributed by atoms with Crippen molar-refractivity contribution in [2.24, 2.45) is 0 Å². The van der Waals surface area contributed by atoms with E-state index in [1.54, 1.807) is 6.20 Å². The van der Waals surface area contributed by atoms with Gasteiger partial charge in [-0.15, -0.1) is 0 Å². The number of hydrogen-bond acceptors (Lipinski definition) is 3. The normalized spacial score (nSPS) is 13.1. The van der Waals surface area contributed by atoms with Crippen LogP contribution in [0, 0.1) is 6.92 Å². The molecule has 6 heteroatoms. The maximum atomic E-state index is 6.42. The lowest BCUT2D eigenvalue weighted by Crippen LogP contribution is -2.28. The highest BCUT2D eigenvalue weighted by atomic mass is 35.5. The van der Waals surface area contributed by atoms with E-state index < -0.39 is 0 Å². The van der Waals surface area contributed by atoms with Gasteiger partial charge in [-0.3, -0.25) is 9.36 Å². The van der Waals surface area contributed by atoms with Crippen molar-refractivity contribution < 1.29 is 0 Å². The van der Waals surface area contributed by atoms with Gasteiger partial charge in [-0.05, 0) is 40.3 Å². The largest absolute Gasteiger partial charge is 0.304 e. The molecular formula is C15H24ClN5. The highest BCUT2D eigenvalue weighted by Crippen LogP contribution is 2.30. The van der Waals surface area contributed by atoms with Crippen LogP contribution < -0.4 is 5.32 Å². The zero-order valence-electron chi connectivity index (χ0n) is 13.4. The molecule has 0 radical (unpaired) electrons. The lowest BCUT2D eigenvalue weighted by atomic mass is 10.1. The molecule has 0 saturated heterocycles. The standard InChI is InChI=1S/C15H24ClN5/c1-6-17-14(13-8-11(5)19-20(13)7-2)15-12(16)9-18-21(15)10(3)4/h8-10,14,17H,6-7H2,1-5H3. The lowest BCUT2D eigenvalue weighted by molar-refractivity contribution is 0.459. The van der Waals surface area contributed by atoms with Gasteiger partial charge >= 0.3 is 0 Å². The van der Waals surface area contributed by atoms with Crippen LogP contribution in [0.25, 0.3) is 0 Å². The lowest BCUT2D eigenvalue weighted by Gasteiger charge is -2.22. The van der Waals surface area contributed by atoms with Crippen molar-refractivity contribution >= 4 is 11.6 Å². The quantitative estimate of drug-likeness (QED) is 0.890. The van der Waals surface area contributed by atoms with Gasteiger partial charge in [-0.25, -0.2) is 0 Å². The number of aryl methyl sites for hydroxylation is 2. The van der Waals surface area contributed by atoms with Gasteiger partial charge in [0.2, 0.25) is 0 Å². The first-order valence-corrected chi connectivity index (χ1v) is 7.87. The van der Waals surface area contributed by atoms with E-state index in [0.717, 1.165) is 30.2 Å². The van der Waals surface area contributed by atoms with Gasteiger partial charge in [0.15, 0.2) is 0 Å². The Morgan fingerprint density at radius 3 is 2.62 bits per heavy atom. The summed E-state index contributed by atoms with van der Waals surface area (Å²) in [6, 6.07) is 2.37. The van der Waals surface area contributed by atoms with Gasteiger partial charge in [-0.1, -0.05) is 18.5 Å². The summed E-state index contributed by atoms with van der Waals surface area (Å²) < 4.78 is 4.01. The van der Waals surface area contributed by atoms with Crippen LogP contribution in [0.15, 0.2) is 12.3 Å². The summed E-state index contributed by atoms with van der Waals surface area (Å²) in [7, 11) is 0. The minimum Gasteiger partial charge on any atom is -0.304 e. The van der Waals surface area contributed by atoms with Gasteiger partial charge < -0.3 is 5.32 Å². The summed E-state index contributed by atoms with van der Waals surface area (Å²) in [5, 5.41) is 13.2. The molecule has 0 aliphatic carbocycles. The Morgan fingerprint density at radius 1 is 1.33 bits per heavy atom. The smallest absolute Gasteiger partial charge is 0.0934 e. The average molecular weight is 310 g/mol. The molecule has 0 aliphatic rings. The number of rotatable bonds is 6. The summed E-state index contributed by atoms with van der Waals surface area (Å²) in [6.45, 7) is 12.1. The Bertz CT molecular complexity index is 599. The molecule has 0 amide bonds. The molecule has 0 aliphatic heterocycles. The molecule has 1 unspecified atom stereocenters. The molecule has 5 nitrogen and oxygen atoms in total. The second kappa shape index (κ2) is 6.62. The Kier molecular flexibility index (Phi) is 5.06. The number of hydrogen-bond donors (Lipinski definition) is 1. The first kappa shape index (κ1) is 16.0. The van der Waals surface area contributed by atoms with E-state index in [9.17, 15) is 0 Å². The highest BCUT2D eigenvalue weighted by molar-refractivity contribution is 6.31. The van der Waals surface area contributed by atoms with E-state index in [1.807, 2.05) is 16.3 Å². The second-order valence-corrected chi connectivity index (χ2v) is 5.84. The Labute approximate surface area is 131 Å². The summed E-state index contributed by atoms with van der Waals surface area (Å²) in [4.78, 5) is 0. The Balaban J connectivity index is 2.56. The second-order valence-electron chi connectivity index (χ2n) is 5.43. The van der Waals surface area contributed by atoms with Crippen LogP contribution in [0.1, 0.15) is 56.9 Å². The highest BCUT2D eigenvalue weighted by Gasteiger charge is 2.25. The third-order valence-electron chi connectivity index (χ3n) is 3.49. The van der Waals surface area contributed by atoms with Crippen molar-refractivity contribution in [1.29, 1.82) is 0 Å². The molecule has 0 aromatic carbocycles. The third kappa shape index (κ3) is 3.14. The van der Waals surface area contributed by atoms with E-state index in [1.165, 1.54) is 0 Å². The van der Waals surface area contributed by atoms with Crippen LogP contribution in [0.4, 0.5) is 0 Å². The summed E-state index contributed by atoms with van der Waals surface area (Å²) in [5.74, 6) is 0. The van der Waals surface area contributed by atoms with Gasteiger partial charge in [0.25, 0.3) is 0 Å². The van der Waals surface area contributed by atoms with Crippen molar-refractivity contribution in [1.82, 2.24) is 24.9 Å². The number of halogens is 1. The summed E-state index contributed by atoms with van der Waals surface area (Å²) >= 11 is 6.42. The molecule has 116 valence electrons. The van der Waals surface area contributed by atoms with E-state index >= 15 is 0 Å². The zero-order valence-corrected chi connectivity index (χ0v) is 14.1. The minimum atomic E-state index is -0.00597. The summed E-state index contributed by atoms with van der Waals surface area (Å²) in [5.41, 5.74) is 3.14. The van der Waals surface area contributed by atoms with Crippen LogP contribution in [-0.4, -0.2) is 26.1 Å². The molecule has 2 heterocycles. The fourth-order valence-electron chi connectivity index (χ4n) is 2.63. The molecule has 2 rings (SSSR count). The molecule has 21 heavy (non-hydrogen) atoms. The minimum absolute atomic E-state index is 0.00597. The number of nitrogens with zero attached hydrogens (tertiary/aromatic N) is 4. The Hall–Kier alpha value is -1.33. The van der Waals surface area contributed by atoms with Crippen LogP contribution >= 0.6 is 11.6 Å². The molecule has 0 spiro atoms. The van der Waals surface area contributed by atoms with Crippen molar-refractivity contribution in [3.05, 3.63) is 34.4 Å². The van der Waals surface area contributed by atoms with E-state index in [0.29, 0.717) is 5.02 Å². The maximum absolute atomic E-state index is 6.42. The van der Waals surface area contributed by atoms with Gasteiger partial charge in [0.05, 0.1) is 34.3 Å². The maximum Gasteiger partial charge on any atom is 0.0934 e. The zero-order chi connectivity index (χ0) is 15.6. The van der Waals surface area contributed by atoms with Crippen LogP contribution in [0.3, 0.4) is 0 Å². The van der Waals surface area contributed by atoms with Crippen LogP contribution in [0.5, 0.6) is 0 Å². The van der Waals surface area contributed by atoms with Gasteiger partial charge in [0.1, 0.15) is 0 Å². The van der Waals surface area contributed by atoms with Gasteiger partial charge in [-0.2, -0.15) is 10.2 Å². The molecule has 0 fully saturated rings. The molecule has 2 aromatic rings. The average Bonchev–Trinajstić information content (AvgIpc) is 2.99. The van der Waals surface area contributed by atoms with E-state index in [2.05, 4.69) is 49.3 Å². The SMILES string of the molecule is CCNC(c1cc(C)nn1CC)c1c(Cl)cnn1C(C)C. The molecule has 0 bridgehead atoms. The molecule has 0 saturated carbocycles.